The smallest absolute Gasteiger partial charge is 0.282 e. The molecule has 6 heteroatoms. The van der Waals surface area contributed by atoms with Crippen molar-refractivity contribution in [2.45, 2.75) is 4.90 Å². The molecule has 3 nitrogen and oxygen atoms in total. The van der Waals surface area contributed by atoms with Crippen LogP contribution in [0.2, 0.25) is 0 Å². The molecule has 0 radical (unpaired) electrons. The predicted molar refractivity (Wildman–Crippen MR) is 87.1 cm³/mol. The minimum absolute atomic E-state index is 0.0596. The lowest BCUT2D eigenvalue weighted by Crippen LogP contribution is -2.01. The van der Waals surface area contributed by atoms with Crippen LogP contribution < -0.4 is 0 Å². The molecule has 0 saturated carbocycles. The van der Waals surface area contributed by atoms with Crippen LogP contribution >= 0.6 is 45.2 Å². The molecule has 0 aliphatic carbocycles. The quantitative estimate of drug-likeness (QED) is 0.520. The van der Waals surface area contributed by atoms with Gasteiger partial charge in [-0.3, -0.25) is 4.55 Å². The van der Waals surface area contributed by atoms with Crippen molar-refractivity contribution < 1.29 is 13.0 Å². The largest absolute Gasteiger partial charge is 0.295 e. The third kappa shape index (κ3) is 3.22. The van der Waals surface area contributed by atoms with Gasteiger partial charge in [0.05, 0.1) is 0 Å². The standard InChI is InChI=1S/C12H8I2O3S/c13-9-3-1-8(2-4-9)11-6-5-10(14)7-12(11)18(15,16)17/h1-7H,(H,15,16,17). The minimum atomic E-state index is -4.22. The fourth-order valence-corrected chi connectivity index (χ4v) is 3.38. The molecule has 18 heavy (non-hydrogen) atoms. The van der Waals surface area contributed by atoms with Gasteiger partial charge >= 0.3 is 0 Å². The highest BCUT2D eigenvalue weighted by Crippen LogP contribution is 2.29. The molecule has 0 saturated heterocycles. The van der Waals surface area contributed by atoms with E-state index < -0.39 is 10.1 Å². The van der Waals surface area contributed by atoms with Crippen molar-refractivity contribution in [1.29, 1.82) is 0 Å². The number of rotatable bonds is 2. The van der Waals surface area contributed by atoms with Gasteiger partial charge in [-0.05, 0) is 75.0 Å². The van der Waals surface area contributed by atoms with E-state index in [1.807, 2.05) is 52.9 Å². The van der Waals surface area contributed by atoms with Gasteiger partial charge in [0.1, 0.15) is 4.90 Å². The van der Waals surface area contributed by atoms with Gasteiger partial charge in [-0.25, -0.2) is 0 Å². The molecule has 0 aromatic heterocycles. The molecule has 2 aromatic rings. The first kappa shape index (κ1) is 14.2. The average molecular weight is 486 g/mol. The van der Waals surface area contributed by atoms with Crippen LogP contribution in [0.5, 0.6) is 0 Å². The summed E-state index contributed by atoms with van der Waals surface area (Å²) in [5.74, 6) is 0. The molecular weight excluding hydrogens is 478 g/mol. The van der Waals surface area contributed by atoms with E-state index in [1.165, 1.54) is 6.07 Å². The van der Waals surface area contributed by atoms with Gasteiger partial charge in [0, 0.05) is 12.7 Å². The van der Waals surface area contributed by atoms with Crippen molar-refractivity contribution >= 4 is 55.3 Å². The van der Waals surface area contributed by atoms with E-state index in [0.717, 1.165) is 12.7 Å². The fraction of sp³-hybridized carbons (Fsp3) is 0. The van der Waals surface area contributed by atoms with Crippen LogP contribution in [-0.2, 0) is 10.1 Å². The molecule has 0 fully saturated rings. The van der Waals surface area contributed by atoms with E-state index in [-0.39, 0.29) is 4.90 Å². The molecule has 0 aliphatic heterocycles. The Hall–Kier alpha value is -0.190. The van der Waals surface area contributed by atoms with Crippen LogP contribution in [0.15, 0.2) is 47.4 Å². The Bertz CT molecular complexity index is 679. The molecular formula is C12H8I2O3S. The van der Waals surface area contributed by atoms with E-state index in [1.54, 1.807) is 6.07 Å². The second-order valence-electron chi connectivity index (χ2n) is 3.62. The Labute approximate surface area is 133 Å². The molecule has 2 rings (SSSR count). The molecule has 2 aromatic carbocycles. The summed E-state index contributed by atoms with van der Waals surface area (Å²) in [5, 5.41) is 0. The summed E-state index contributed by atoms with van der Waals surface area (Å²) in [6.45, 7) is 0. The van der Waals surface area contributed by atoms with Crippen molar-refractivity contribution in [1.82, 2.24) is 0 Å². The topological polar surface area (TPSA) is 54.4 Å². The van der Waals surface area contributed by atoms with E-state index in [4.69, 9.17) is 0 Å². The number of halogens is 2. The highest BCUT2D eigenvalue weighted by molar-refractivity contribution is 14.1. The summed E-state index contributed by atoms with van der Waals surface area (Å²) in [4.78, 5) is -0.0596. The second-order valence-corrected chi connectivity index (χ2v) is 7.50. The van der Waals surface area contributed by atoms with Crippen molar-refractivity contribution in [3.05, 3.63) is 49.6 Å². The molecule has 0 aliphatic rings. The third-order valence-electron chi connectivity index (χ3n) is 2.38. The van der Waals surface area contributed by atoms with Crippen LogP contribution in [0.3, 0.4) is 0 Å². The first-order chi connectivity index (χ1) is 8.38. The summed E-state index contributed by atoms with van der Waals surface area (Å²) in [7, 11) is -4.22. The fourth-order valence-electron chi connectivity index (χ4n) is 1.58. The first-order valence-electron chi connectivity index (χ1n) is 4.91. The van der Waals surface area contributed by atoms with Crippen molar-refractivity contribution in [2.75, 3.05) is 0 Å². The Kier molecular flexibility index (Phi) is 4.29. The highest BCUT2D eigenvalue weighted by Gasteiger charge is 2.16. The Balaban J connectivity index is 2.68. The maximum absolute atomic E-state index is 11.4. The Morgan fingerprint density at radius 2 is 1.44 bits per heavy atom. The van der Waals surface area contributed by atoms with Crippen LogP contribution in [0.1, 0.15) is 0 Å². The van der Waals surface area contributed by atoms with Crippen LogP contribution in [0.25, 0.3) is 11.1 Å². The second kappa shape index (κ2) is 5.43. The zero-order valence-electron chi connectivity index (χ0n) is 8.97. The van der Waals surface area contributed by atoms with Gasteiger partial charge < -0.3 is 0 Å². The van der Waals surface area contributed by atoms with E-state index in [0.29, 0.717) is 5.56 Å². The van der Waals surface area contributed by atoms with Gasteiger partial charge in [-0.1, -0.05) is 18.2 Å². The van der Waals surface area contributed by atoms with Gasteiger partial charge in [0.2, 0.25) is 0 Å². The van der Waals surface area contributed by atoms with E-state index in [2.05, 4.69) is 22.6 Å². The van der Waals surface area contributed by atoms with Crippen molar-refractivity contribution in [2.24, 2.45) is 0 Å². The van der Waals surface area contributed by atoms with E-state index in [9.17, 15) is 13.0 Å². The van der Waals surface area contributed by atoms with Gasteiger partial charge in [0.25, 0.3) is 10.1 Å². The highest BCUT2D eigenvalue weighted by atomic mass is 127. The van der Waals surface area contributed by atoms with Gasteiger partial charge in [0.15, 0.2) is 0 Å². The molecule has 1 N–H and O–H groups in total. The van der Waals surface area contributed by atoms with E-state index >= 15 is 0 Å². The van der Waals surface area contributed by atoms with Crippen molar-refractivity contribution in [3.8, 4) is 11.1 Å². The molecule has 0 bridgehead atoms. The van der Waals surface area contributed by atoms with Gasteiger partial charge in [-0.2, -0.15) is 8.42 Å². The zero-order chi connectivity index (χ0) is 13.3. The third-order valence-corrected chi connectivity index (χ3v) is 4.66. The van der Waals surface area contributed by atoms with Crippen molar-refractivity contribution in [3.63, 3.8) is 0 Å². The van der Waals surface area contributed by atoms with Crippen LogP contribution in [-0.4, -0.2) is 13.0 Å². The predicted octanol–water partition coefficient (Wildman–Crippen LogP) is 3.81. The average Bonchev–Trinajstić information content (AvgIpc) is 2.29. The normalized spacial score (nSPS) is 11.5. The lowest BCUT2D eigenvalue weighted by molar-refractivity contribution is 0.483. The van der Waals surface area contributed by atoms with Crippen LogP contribution in [0, 0.1) is 7.14 Å². The molecule has 0 heterocycles. The lowest BCUT2D eigenvalue weighted by Gasteiger charge is -2.08. The summed E-state index contributed by atoms with van der Waals surface area (Å²) in [5.41, 5.74) is 1.27. The molecule has 0 unspecified atom stereocenters. The Morgan fingerprint density at radius 1 is 0.889 bits per heavy atom. The summed E-state index contributed by atoms with van der Waals surface area (Å²) >= 11 is 4.19. The monoisotopic (exact) mass is 486 g/mol. The van der Waals surface area contributed by atoms with Crippen LogP contribution in [0.4, 0.5) is 0 Å². The maximum Gasteiger partial charge on any atom is 0.295 e. The first-order valence-corrected chi connectivity index (χ1v) is 8.50. The summed E-state index contributed by atoms with van der Waals surface area (Å²) in [6, 6.07) is 12.4. The minimum Gasteiger partial charge on any atom is -0.282 e. The maximum atomic E-state index is 11.4. The molecule has 0 spiro atoms. The Morgan fingerprint density at radius 3 is 2.00 bits per heavy atom. The molecule has 0 amide bonds. The summed E-state index contributed by atoms with van der Waals surface area (Å²) < 4.78 is 33.9. The number of hydrogen-bond donors (Lipinski definition) is 1. The molecule has 94 valence electrons. The number of hydrogen-bond acceptors (Lipinski definition) is 2. The van der Waals surface area contributed by atoms with Gasteiger partial charge in [-0.15, -0.1) is 0 Å². The SMILES string of the molecule is O=S(=O)(O)c1cc(I)ccc1-c1ccc(I)cc1. The number of benzene rings is 2. The lowest BCUT2D eigenvalue weighted by atomic mass is 10.1. The molecule has 0 atom stereocenters. The summed E-state index contributed by atoms with van der Waals surface area (Å²) in [6.07, 6.45) is 0. The zero-order valence-corrected chi connectivity index (χ0v) is 14.1.